The first kappa shape index (κ1) is 30.5. The van der Waals surface area contributed by atoms with Gasteiger partial charge in [-0.05, 0) is 74.0 Å². The monoisotopic (exact) mass is 604 g/mol. The number of Topliss-reactive ketones (excluding diaryl/α,β-unsaturated/α-hetero) is 1. The average Bonchev–Trinajstić information content (AvgIpc) is 3.00. The number of allylic oxidation sites excluding steroid dienone is 2. The van der Waals surface area contributed by atoms with Gasteiger partial charge in [-0.15, -0.1) is 0 Å². The van der Waals surface area contributed by atoms with Crippen molar-refractivity contribution >= 4 is 29.0 Å². The Bertz CT molecular complexity index is 1670. The lowest BCUT2D eigenvalue weighted by atomic mass is 9.73. The molecule has 0 aromatic heterocycles. The Kier molecular flexibility index (Phi) is 8.28. The molecule has 2 amide bonds. The van der Waals surface area contributed by atoms with Crippen LogP contribution in [-0.4, -0.2) is 48.7 Å². The van der Waals surface area contributed by atoms with Crippen molar-refractivity contribution in [1.82, 2.24) is 4.90 Å². The van der Waals surface area contributed by atoms with Gasteiger partial charge in [-0.3, -0.25) is 19.3 Å². The molecule has 2 aliphatic heterocycles. The molecule has 3 aromatic carbocycles. The van der Waals surface area contributed by atoms with E-state index in [2.05, 4.69) is 0 Å². The zero-order chi connectivity index (χ0) is 31.8. The molecule has 1 saturated heterocycles. The Balaban J connectivity index is 1.57. The Hall–Kier alpha value is -4.98. The van der Waals surface area contributed by atoms with Crippen LogP contribution < -0.4 is 9.80 Å². The number of nitriles is 1. The van der Waals surface area contributed by atoms with Crippen LogP contribution in [0.1, 0.15) is 36.5 Å². The zero-order valence-electron chi connectivity index (χ0n) is 23.9. The van der Waals surface area contributed by atoms with Crippen LogP contribution in [-0.2, 0) is 20.6 Å². The Morgan fingerprint density at radius 3 is 2.11 bits per heavy atom. The summed E-state index contributed by atoms with van der Waals surface area (Å²) in [5, 5.41) is 9.29. The van der Waals surface area contributed by atoms with Crippen molar-refractivity contribution in [3.63, 3.8) is 0 Å². The number of anilines is 2. The summed E-state index contributed by atoms with van der Waals surface area (Å²) in [5.74, 6) is -4.63. The third kappa shape index (κ3) is 5.80. The van der Waals surface area contributed by atoms with Gasteiger partial charge in [-0.1, -0.05) is 18.2 Å². The standard InChI is InChI=1S/C33H28F4N4O3/c1-20-28(21(2)42)29(23-8-6-22(19-38)7-9-23)30(32(44)41(20)27-5-3-4-24(18-27)33(35,36)37)31(43)40-16-14-39(15-17-40)26-12-10-25(34)11-13-26/h3-13,18,29-30H,14-17H2,1-2H3. The van der Waals surface area contributed by atoms with Crippen LogP contribution in [0.2, 0.25) is 0 Å². The number of carbonyl (C=O) groups excluding carboxylic acids is 3. The Labute approximate surface area is 251 Å². The lowest BCUT2D eigenvalue weighted by molar-refractivity contribution is -0.142. The SMILES string of the molecule is CC(=O)C1=C(C)N(c2cccc(C(F)(F)F)c2)C(=O)C(C(=O)N2CCN(c3ccc(F)cc3)CC2)C1c1ccc(C#N)cc1. The first-order valence-electron chi connectivity index (χ1n) is 13.9. The van der Waals surface area contributed by atoms with E-state index in [0.29, 0.717) is 24.2 Å². The van der Waals surface area contributed by atoms with E-state index < -0.39 is 41.2 Å². The predicted octanol–water partition coefficient (Wildman–Crippen LogP) is 5.67. The number of hydrogen-bond acceptors (Lipinski definition) is 5. The second kappa shape index (κ2) is 12.0. The van der Waals surface area contributed by atoms with E-state index in [-0.39, 0.29) is 35.9 Å². The molecule has 0 spiro atoms. The maximum atomic E-state index is 14.3. The molecule has 1 fully saturated rings. The minimum atomic E-state index is -4.68. The number of ketones is 1. The summed E-state index contributed by atoms with van der Waals surface area (Å²) in [6, 6.07) is 18.4. The van der Waals surface area contributed by atoms with E-state index in [0.717, 1.165) is 22.7 Å². The number of benzene rings is 3. The summed E-state index contributed by atoms with van der Waals surface area (Å²) >= 11 is 0. The van der Waals surface area contributed by atoms with Gasteiger partial charge in [0.25, 0.3) is 0 Å². The highest BCUT2D eigenvalue weighted by Crippen LogP contribution is 2.44. The number of piperazine rings is 1. The van der Waals surface area contributed by atoms with Crippen molar-refractivity contribution in [2.24, 2.45) is 5.92 Å². The van der Waals surface area contributed by atoms with Gasteiger partial charge in [-0.25, -0.2) is 4.39 Å². The van der Waals surface area contributed by atoms with Gasteiger partial charge >= 0.3 is 6.18 Å². The number of hydrogen-bond donors (Lipinski definition) is 0. The van der Waals surface area contributed by atoms with Crippen LogP contribution in [0.25, 0.3) is 0 Å². The topological polar surface area (TPSA) is 84.7 Å². The minimum absolute atomic E-state index is 0.113. The fourth-order valence-electron chi connectivity index (χ4n) is 5.98. The Morgan fingerprint density at radius 1 is 0.909 bits per heavy atom. The largest absolute Gasteiger partial charge is 0.416 e. The van der Waals surface area contributed by atoms with E-state index >= 15 is 0 Å². The van der Waals surface area contributed by atoms with Crippen molar-refractivity contribution in [2.75, 3.05) is 36.0 Å². The molecule has 0 aliphatic carbocycles. The molecule has 226 valence electrons. The van der Waals surface area contributed by atoms with Crippen LogP contribution in [0.4, 0.5) is 28.9 Å². The fourth-order valence-corrected chi connectivity index (χ4v) is 5.98. The summed E-state index contributed by atoms with van der Waals surface area (Å²) < 4.78 is 54.3. The van der Waals surface area contributed by atoms with Crippen LogP contribution in [0.5, 0.6) is 0 Å². The van der Waals surface area contributed by atoms with E-state index in [1.807, 2.05) is 11.0 Å². The highest BCUT2D eigenvalue weighted by atomic mass is 19.4. The normalized spacial score (nSPS) is 19.2. The molecule has 2 atom stereocenters. The molecule has 44 heavy (non-hydrogen) atoms. The smallest absolute Gasteiger partial charge is 0.368 e. The molecule has 2 aliphatic rings. The number of alkyl halides is 3. The summed E-state index contributed by atoms with van der Waals surface area (Å²) in [6.45, 7) is 4.01. The molecule has 5 rings (SSSR count). The summed E-state index contributed by atoms with van der Waals surface area (Å²) in [4.78, 5) is 46.3. The third-order valence-electron chi connectivity index (χ3n) is 8.12. The predicted molar refractivity (Wildman–Crippen MR) is 155 cm³/mol. The number of carbonyl (C=O) groups is 3. The van der Waals surface area contributed by atoms with Crippen LogP contribution >= 0.6 is 0 Å². The first-order chi connectivity index (χ1) is 20.9. The van der Waals surface area contributed by atoms with E-state index in [9.17, 15) is 37.2 Å². The molecule has 2 unspecified atom stereocenters. The maximum Gasteiger partial charge on any atom is 0.416 e. The fraction of sp³-hybridized carbons (Fsp3) is 0.273. The lowest BCUT2D eigenvalue weighted by Gasteiger charge is -2.43. The van der Waals surface area contributed by atoms with Crippen LogP contribution in [0, 0.1) is 23.1 Å². The van der Waals surface area contributed by atoms with Gasteiger partial charge in [-0.2, -0.15) is 18.4 Å². The molecule has 7 nitrogen and oxygen atoms in total. The van der Waals surface area contributed by atoms with Crippen LogP contribution in [0.15, 0.2) is 84.1 Å². The van der Waals surface area contributed by atoms with Gasteiger partial charge < -0.3 is 9.80 Å². The second-order valence-electron chi connectivity index (χ2n) is 10.8. The molecule has 3 aromatic rings. The van der Waals surface area contributed by atoms with Gasteiger partial charge in [0.15, 0.2) is 5.78 Å². The molecule has 11 heteroatoms. The van der Waals surface area contributed by atoms with Gasteiger partial charge in [0.1, 0.15) is 11.7 Å². The number of halogens is 4. The van der Waals surface area contributed by atoms with E-state index in [4.69, 9.17) is 0 Å². The summed E-state index contributed by atoms with van der Waals surface area (Å²) in [6.07, 6.45) is -4.68. The summed E-state index contributed by atoms with van der Waals surface area (Å²) in [7, 11) is 0. The Morgan fingerprint density at radius 2 is 1.55 bits per heavy atom. The molecule has 0 bridgehead atoms. The van der Waals surface area contributed by atoms with Crippen molar-refractivity contribution in [3.8, 4) is 6.07 Å². The van der Waals surface area contributed by atoms with Crippen LogP contribution in [0.3, 0.4) is 0 Å². The third-order valence-corrected chi connectivity index (χ3v) is 8.12. The number of amides is 2. The van der Waals surface area contributed by atoms with E-state index in [1.54, 1.807) is 24.3 Å². The molecule has 2 heterocycles. The van der Waals surface area contributed by atoms with Gasteiger partial charge in [0, 0.05) is 54.7 Å². The first-order valence-corrected chi connectivity index (χ1v) is 13.9. The molecule has 0 radical (unpaired) electrons. The highest BCUT2D eigenvalue weighted by molar-refractivity contribution is 6.15. The highest BCUT2D eigenvalue weighted by Gasteiger charge is 2.49. The summed E-state index contributed by atoms with van der Waals surface area (Å²) in [5.41, 5.74) is 0.722. The zero-order valence-corrected chi connectivity index (χ0v) is 23.9. The van der Waals surface area contributed by atoms with Crippen molar-refractivity contribution in [2.45, 2.75) is 25.9 Å². The number of nitrogens with zero attached hydrogens (tertiary/aromatic N) is 4. The van der Waals surface area contributed by atoms with Gasteiger partial charge in [0.2, 0.25) is 11.8 Å². The average molecular weight is 605 g/mol. The van der Waals surface area contributed by atoms with E-state index in [1.165, 1.54) is 55.1 Å². The molecule has 0 saturated carbocycles. The van der Waals surface area contributed by atoms with Crippen molar-refractivity contribution in [3.05, 3.63) is 107 Å². The maximum absolute atomic E-state index is 14.3. The molecule has 0 N–H and O–H groups in total. The second-order valence-corrected chi connectivity index (χ2v) is 10.8. The van der Waals surface area contributed by atoms with Gasteiger partial charge in [0.05, 0.1) is 17.2 Å². The molecular formula is C33H28F4N4O3. The van der Waals surface area contributed by atoms with Crippen molar-refractivity contribution < 1.29 is 31.9 Å². The minimum Gasteiger partial charge on any atom is -0.368 e. The lowest BCUT2D eigenvalue weighted by Crippen LogP contribution is -2.56. The quantitative estimate of drug-likeness (QED) is 0.277. The number of rotatable bonds is 5. The van der Waals surface area contributed by atoms with Crippen molar-refractivity contribution in [1.29, 1.82) is 5.26 Å². The molecular weight excluding hydrogens is 576 g/mol.